The third-order valence-corrected chi connectivity index (χ3v) is 3.00. The first-order chi connectivity index (χ1) is 6.53. The van der Waals surface area contributed by atoms with Gasteiger partial charge in [-0.3, -0.25) is 0 Å². The summed E-state index contributed by atoms with van der Waals surface area (Å²) in [6.45, 7) is 0. The lowest BCUT2D eigenvalue weighted by molar-refractivity contribution is -0.0389. The van der Waals surface area contributed by atoms with E-state index in [0.29, 0.717) is 18.4 Å². The predicted molar refractivity (Wildman–Crippen MR) is 49.1 cm³/mol. The molecular formula is C10H9ClF2O. The fourth-order valence-electron chi connectivity index (χ4n) is 1.66. The lowest BCUT2D eigenvalue weighted by atomic mass is 9.75. The second-order valence-corrected chi connectivity index (χ2v) is 4.04. The largest absolute Gasteiger partial charge is 0.385 e. The van der Waals surface area contributed by atoms with E-state index in [4.69, 9.17) is 11.6 Å². The van der Waals surface area contributed by atoms with Crippen LogP contribution in [0.15, 0.2) is 12.1 Å². The summed E-state index contributed by atoms with van der Waals surface area (Å²) in [5.41, 5.74) is -0.754. The average Bonchev–Trinajstić information content (AvgIpc) is 2.07. The van der Waals surface area contributed by atoms with E-state index in [1.807, 2.05) is 0 Å². The van der Waals surface area contributed by atoms with Gasteiger partial charge in [-0.25, -0.2) is 8.78 Å². The van der Waals surface area contributed by atoms with Crippen LogP contribution in [0.1, 0.15) is 24.8 Å². The van der Waals surface area contributed by atoms with Crippen LogP contribution < -0.4 is 0 Å². The number of aliphatic hydroxyl groups is 1. The quantitative estimate of drug-likeness (QED) is 0.719. The molecular weight excluding hydrogens is 210 g/mol. The third kappa shape index (κ3) is 1.41. The molecule has 1 N–H and O–H groups in total. The summed E-state index contributed by atoms with van der Waals surface area (Å²) in [4.78, 5) is 0. The number of benzene rings is 1. The highest BCUT2D eigenvalue weighted by molar-refractivity contribution is 6.31. The van der Waals surface area contributed by atoms with E-state index in [1.165, 1.54) is 0 Å². The van der Waals surface area contributed by atoms with Gasteiger partial charge in [-0.2, -0.15) is 0 Å². The van der Waals surface area contributed by atoms with E-state index in [2.05, 4.69) is 0 Å². The van der Waals surface area contributed by atoms with Crippen molar-refractivity contribution in [3.63, 3.8) is 0 Å². The van der Waals surface area contributed by atoms with Crippen LogP contribution in [0.4, 0.5) is 8.78 Å². The van der Waals surface area contributed by atoms with E-state index < -0.39 is 17.2 Å². The number of hydrogen-bond acceptors (Lipinski definition) is 1. The zero-order valence-corrected chi connectivity index (χ0v) is 8.11. The van der Waals surface area contributed by atoms with E-state index in [9.17, 15) is 13.9 Å². The van der Waals surface area contributed by atoms with Crippen molar-refractivity contribution in [2.24, 2.45) is 0 Å². The molecule has 2 rings (SSSR count). The highest BCUT2D eigenvalue weighted by atomic mass is 35.5. The second-order valence-electron chi connectivity index (χ2n) is 3.63. The smallest absolute Gasteiger partial charge is 0.160 e. The van der Waals surface area contributed by atoms with Crippen LogP contribution in [0.25, 0.3) is 0 Å². The summed E-state index contributed by atoms with van der Waals surface area (Å²) < 4.78 is 25.6. The SMILES string of the molecule is OC1(c2cc(F)c(F)cc2Cl)CCC1. The standard InChI is InChI=1S/C10H9ClF2O/c11-7-5-9(13)8(12)4-6(7)10(14)2-1-3-10/h4-5,14H,1-3H2. The first-order valence-electron chi connectivity index (χ1n) is 4.40. The molecule has 0 radical (unpaired) electrons. The van der Waals surface area contributed by atoms with Gasteiger partial charge in [0.1, 0.15) is 0 Å². The van der Waals surface area contributed by atoms with Crippen LogP contribution in [0.5, 0.6) is 0 Å². The molecule has 1 aliphatic carbocycles. The van der Waals surface area contributed by atoms with Crippen LogP contribution in [-0.4, -0.2) is 5.11 Å². The molecule has 76 valence electrons. The minimum atomic E-state index is -1.05. The molecule has 1 fully saturated rings. The maximum Gasteiger partial charge on any atom is 0.160 e. The predicted octanol–water partition coefficient (Wildman–Crippen LogP) is 2.99. The molecule has 0 aromatic heterocycles. The van der Waals surface area contributed by atoms with Gasteiger partial charge in [0.2, 0.25) is 0 Å². The van der Waals surface area contributed by atoms with Gasteiger partial charge in [-0.1, -0.05) is 11.6 Å². The maximum absolute atomic E-state index is 12.9. The molecule has 0 saturated heterocycles. The van der Waals surface area contributed by atoms with Gasteiger partial charge in [-0.05, 0) is 31.4 Å². The number of rotatable bonds is 1. The highest BCUT2D eigenvalue weighted by Crippen LogP contribution is 2.44. The first kappa shape index (κ1) is 9.87. The molecule has 1 saturated carbocycles. The molecule has 0 heterocycles. The van der Waals surface area contributed by atoms with Crippen molar-refractivity contribution in [2.45, 2.75) is 24.9 Å². The third-order valence-electron chi connectivity index (χ3n) is 2.69. The van der Waals surface area contributed by atoms with E-state index in [-0.39, 0.29) is 5.02 Å². The van der Waals surface area contributed by atoms with Crippen LogP contribution >= 0.6 is 11.6 Å². The molecule has 0 spiro atoms. The molecule has 1 aromatic rings. The second kappa shape index (κ2) is 3.17. The van der Waals surface area contributed by atoms with Gasteiger partial charge in [0.05, 0.1) is 5.60 Å². The van der Waals surface area contributed by atoms with Crippen LogP contribution in [0.2, 0.25) is 5.02 Å². The van der Waals surface area contributed by atoms with E-state index in [0.717, 1.165) is 18.6 Å². The maximum atomic E-state index is 12.9. The summed E-state index contributed by atoms with van der Waals surface area (Å²) in [5.74, 6) is -1.95. The molecule has 0 atom stereocenters. The van der Waals surface area contributed by atoms with Crippen molar-refractivity contribution in [1.29, 1.82) is 0 Å². The van der Waals surface area contributed by atoms with Crippen molar-refractivity contribution in [3.05, 3.63) is 34.4 Å². The van der Waals surface area contributed by atoms with E-state index >= 15 is 0 Å². The Morgan fingerprint density at radius 3 is 2.29 bits per heavy atom. The molecule has 0 amide bonds. The van der Waals surface area contributed by atoms with E-state index in [1.54, 1.807) is 0 Å². The Kier molecular flexibility index (Phi) is 2.24. The topological polar surface area (TPSA) is 20.2 Å². The lowest BCUT2D eigenvalue weighted by Gasteiger charge is -2.37. The first-order valence-corrected chi connectivity index (χ1v) is 4.78. The minimum Gasteiger partial charge on any atom is -0.385 e. The Morgan fingerprint density at radius 2 is 1.79 bits per heavy atom. The van der Waals surface area contributed by atoms with Crippen LogP contribution in [0, 0.1) is 11.6 Å². The van der Waals surface area contributed by atoms with Gasteiger partial charge in [-0.15, -0.1) is 0 Å². The average molecular weight is 219 g/mol. The van der Waals surface area contributed by atoms with Crippen molar-refractivity contribution < 1.29 is 13.9 Å². The van der Waals surface area contributed by atoms with Gasteiger partial charge < -0.3 is 5.11 Å². The van der Waals surface area contributed by atoms with Gasteiger partial charge >= 0.3 is 0 Å². The Morgan fingerprint density at radius 1 is 1.21 bits per heavy atom. The molecule has 14 heavy (non-hydrogen) atoms. The van der Waals surface area contributed by atoms with Gasteiger partial charge in [0, 0.05) is 10.6 Å². The van der Waals surface area contributed by atoms with Crippen LogP contribution in [-0.2, 0) is 5.60 Å². The summed E-state index contributed by atoms with van der Waals surface area (Å²) in [7, 11) is 0. The molecule has 0 bridgehead atoms. The Labute approximate surface area is 85.3 Å². The molecule has 4 heteroatoms. The Bertz CT molecular complexity index is 375. The zero-order chi connectivity index (χ0) is 10.3. The number of halogens is 3. The molecule has 1 aromatic carbocycles. The summed E-state index contributed by atoms with van der Waals surface area (Å²) in [6, 6.07) is 1.89. The van der Waals surface area contributed by atoms with Crippen molar-refractivity contribution in [2.75, 3.05) is 0 Å². The van der Waals surface area contributed by atoms with Crippen molar-refractivity contribution in [1.82, 2.24) is 0 Å². The Balaban J connectivity index is 2.48. The summed E-state index contributed by atoms with van der Waals surface area (Å²) in [5, 5.41) is 9.99. The molecule has 1 nitrogen and oxygen atoms in total. The molecule has 0 aliphatic heterocycles. The normalized spacial score (nSPS) is 19.1. The monoisotopic (exact) mass is 218 g/mol. The fraction of sp³-hybridized carbons (Fsp3) is 0.400. The summed E-state index contributed by atoms with van der Waals surface area (Å²) >= 11 is 5.73. The number of hydrogen-bond donors (Lipinski definition) is 1. The molecule has 0 unspecified atom stereocenters. The highest BCUT2D eigenvalue weighted by Gasteiger charge is 2.38. The van der Waals surface area contributed by atoms with Crippen molar-refractivity contribution >= 4 is 11.6 Å². The van der Waals surface area contributed by atoms with Crippen LogP contribution in [0.3, 0.4) is 0 Å². The minimum absolute atomic E-state index is 0.0890. The van der Waals surface area contributed by atoms with Gasteiger partial charge in [0.15, 0.2) is 11.6 Å². The van der Waals surface area contributed by atoms with Crippen molar-refractivity contribution in [3.8, 4) is 0 Å². The zero-order valence-electron chi connectivity index (χ0n) is 7.36. The fourth-order valence-corrected chi connectivity index (χ4v) is 1.99. The summed E-state index contributed by atoms with van der Waals surface area (Å²) in [6.07, 6.45) is 1.99. The molecule has 1 aliphatic rings. The Hall–Kier alpha value is -0.670. The lowest BCUT2D eigenvalue weighted by Crippen LogP contribution is -2.34. The van der Waals surface area contributed by atoms with Gasteiger partial charge in [0.25, 0.3) is 0 Å².